The van der Waals surface area contributed by atoms with Crippen LogP contribution in [0.1, 0.15) is 19.3 Å². The summed E-state index contributed by atoms with van der Waals surface area (Å²) in [7, 11) is 0. The quantitative estimate of drug-likeness (QED) is 0.615. The molecule has 0 saturated carbocycles. The summed E-state index contributed by atoms with van der Waals surface area (Å²) in [5.74, 6) is 0.673. The van der Waals surface area contributed by atoms with Gasteiger partial charge >= 0.3 is 5.69 Å². The molecule has 0 spiro atoms. The molecule has 6 nitrogen and oxygen atoms in total. The Hall–Kier alpha value is -1.69. The number of nitro groups is 1. The third-order valence-corrected chi connectivity index (χ3v) is 3.26. The average Bonchev–Trinajstić information content (AvgIpc) is 2.40. The van der Waals surface area contributed by atoms with Crippen LogP contribution in [0, 0.1) is 16.0 Å². The normalized spacial score (nSPS) is 19.4. The zero-order valence-electron chi connectivity index (χ0n) is 10.3. The van der Waals surface area contributed by atoms with Gasteiger partial charge in [0, 0.05) is 12.7 Å². The van der Waals surface area contributed by atoms with Crippen LogP contribution in [-0.2, 0) is 0 Å². The topological polar surface area (TPSA) is 80.1 Å². The minimum Gasteiger partial charge on any atom is -0.379 e. The second-order valence-corrected chi connectivity index (χ2v) is 4.58. The van der Waals surface area contributed by atoms with Crippen molar-refractivity contribution in [3.8, 4) is 0 Å². The number of hydrogen-bond donors (Lipinski definition) is 2. The van der Waals surface area contributed by atoms with Gasteiger partial charge in [-0.1, -0.05) is 0 Å². The fourth-order valence-electron chi connectivity index (χ4n) is 2.26. The highest BCUT2D eigenvalue weighted by molar-refractivity contribution is 5.59. The molecule has 1 aromatic rings. The Labute approximate surface area is 106 Å². The molecule has 1 aliphatic heterocycles. The van der Waals surface area contributed by atoms with Crippen molar-refractivity contribution in [2.45, 2.75) is 19.3 Å². The summed E-state index contributed by atoms with van der Waals surface area (Å²) >= 11 is 0. The van der Waals surface area contributed by atoms with Crippen LogP contribution in [0.2, 0.25) is 0 Å². The number of piperidine rings is 1. The van der Waals surface area contributed by atoms with Crippen LogP contribution in [0.3, 0.4) is 0 Å². The van der Waals surface area contributed by atoms with Gasteiger partial charge in [0.15, 0.2) is 0 Å². The van der Waals surface area contributed by atoms with Gasteiger partial charge in [-0.2, -0.15) is 0 Å². The molecule has 98 valence electrons. The Kier molecular flexibility index (Phi) is 4.46. The van der Waals surface area contributed by atoms with Crippen molar-refractivity contribution in [3.63, 3.8) is 0 Å². The SMILES string of the molecule is O=[N+]([O-])c1cnccc1NCCC1CCCNC1. The van der Waals surface area contributed by atoms with Crippen molar-refractivity contribution in [2.75, 3.05) is 25.0 Å². The van der Waals surface area contributed by atoms with E-state index in [-0.39, 0.29) is 5.69 Å². The summed E-state index contributed by atoms with van der Waals surface area (Å²) in [5.41, 5.74) is 0.595. The number of hydrogen-bond acceptors (Lipinski definition) is 5. The van der Waals surface area contributed by atoms with E-state index in [0.717, 1.165) is 26.1 Å². The fourth-order valence-corrected chi connectivity index (χ4v) is 2.26. The lowest BCUT2D eigenvalue weighted by atomic mass is 9.96. The first-order valence-corrected chi connectivity index (χ1v) is 6.30. The minimum absolute atomic E-state index is 0.0410. The lowest BCUT2D eigenvalue weighted by molar-refractivity contribution is -0.384. The van der Waals surface area contributed by atoms with Crippen molar-refractivity contribution in [1.29, 1.82) is 0 Å². The Bertz CT molecular complexity index is 405. The van der Waals surface area contributed by atoms with Crippen LogP contribution in [0.15, 0.2) is 18.5 Å². The summed E-state index contributed by atoms with van der Waals surface area (Å²) in [5, 5.41) is 17.3. The number of nitrogens with one attached hydrogen (secondary N) is 2. The molecule has 1 atom stereocenters. The molecule has 2 rings (SSSR count). The number of pyridine rings is 1. The molecule has 0 aromatic carbocycles. The van der Waals surface area contributed by atoms with E-state index in [1.807, 2.05) is 0 Å². The fraction of sp³-hybridized carbons (Fsp3) is 0.583. The average molecular weight is 250 g/mol. The third-order valence-electron chi connectivity index (χ3n) is 3.26. The molecule has 1 unspecified atom stereocenters. The molecule has 2 heterocycles. The molecule has 2 N–H and O–H groups in total. The predicted octanol–water partition coefficient (Wildman–Crippen LogP) is 1.79. The van der Waals surface area contributed by atoms with E-state index in [4.69, 9.17) is 0 Å². The van der Waals surface area contributed by atoms with E-state index < -0.39 is 4.92 Å². The maximum Gasteiger partial charge on any atom is 0.310 e. The van der Waals surface area contributed by atoms with Crippen molar-refractivity contribution >= 4 is 11.4 Å². The monoisotopic (exact) mass is 250 g/mol. The second-order valence-electron chi connectivity index (χ2n) is 4.58. The van der Waals surface area contributed by atoms with Gasteiger partial charge in [0.25, 0.3) is 0 Å². The number of rotatable bonds is 5. The number of anilines is 1. The molecule has 0 radical (unpaired) electrons. The van der Waals surface area contributed by atoms with Gasteiger partial charge in [0.2, 0.25) is 0 Å². The van der Waals surface area contributed by atoms with Crippen LogP contribution in [0.4, 0.5) is 11.4 Å². The van der Waals surface area contributed by atoms with Crippen LogP contribution in [0.25, 0.3) is 0 Å². The summed E-state index contributed by atoms with van der Waals surface area (Å²) in [6.07, 6.45) is 6.35. The van der Waals surface area contributed by atoms with Crippen LogP contribution in [-0.4, -0.2) is 29.5 Å². The van der Waals surface area contributed by atoms with Crippen LogP contribution >= 0.6 is 0 Å². The Morgan fingerprint density at radius 1 is 1.61 bits per heavy atom. The molecule has 1 saturated heterocycles. The third kappa shape index (κ3) is 3.40. The highest BCUT2D eigenvalue weighted by Gasteiger charge is 2.15. The van der Waals surface area contributed by atoms with Gasteiger partial charge in [-0.25, -0.2) is 0 Å². The van der Waals surface area contributed by atoms with Gasteiger partial charge in [0.05, 0.1) is 4.92 Å². The molecule has 0 amide bonds. The van der Waals surface area contributed by atoms with Gasteiger partial charge in [-0.15, -0.1) is 0 Å². The van der Waals surface area contributed by atoms with E-state index in [9.17, 15) is 10.1 Å². The lowest BCUT2D eigenvalue weighted by Gasteiger charge is -2.22. The summed E-state index contributed by atoms with van der Waals surface area (Å²) in [6.45, 7) is 2.93. The van der Waals surface area contributed by atoms with Crippen molar-refractivity contribution < 1.29 is 4.92 Å². The highest BCUT2D eigenvalue weighted by Crippen LogP contribution is 2.22. The van der Waals surface area contributed by atoms with Crippen molar-refractivity contribution in [1.82, 2.24) is 10.3 Å². The largest absolute Gasteiger partial charge is 0.379 e. The highest BCUT2D eigenvalue weighted by atomic mass is 16.6. The molecule has 0 aliphatic carbocycles. The molecule has 0 bridgehead atoms. The smallest absolute Gasteiger partial charge is 0.310 e. The molecular formula is C12H18N4O2. The van der Waals surface area contributed by atoms with Gasteiger partial charge in [0.1, 0.15) is 11.9 Å². The molecule has 1 aliphatic rings. The number of aromatic nitrogens is 1. The summed E-state index contributed by atoms with van der Waals surface area (Å²) in [4.78, 5) is 14.2. The van der Waals surface area contributed by atoms with E-state index in [2.05, 4.69) is 15.6 Å². The second kappa shape index (κ2) is 6.30. The van der Waals surface area contributed by atoms with Gasteiger partial charge in [-0.05, 0) is 44.3 Å². The molecule has 18 heavy (non-hydrogen) atoms. The molecule has 1 aromatic heterocycles. The Morgan fingerprint density at radius 2 is 2.50 bits per heavy atom. The van der Waals surface area contributed by atoms with Crippen LogP contribution in [0.5, 0.6) is 0 Å². The molecule has 1 fully saturated rings. The predicted molar refractivity (Wildman–Crippen MR) is 69.6 cm³/mol. The van der Waals surface area contributed by atoms with E-state index in [0.29, 0.717) is 11.6 Å². The van der Waals surface area contributed by atoms with Gasteiger partial charge in [-0.3, -0.25) is 15.1 Å². The maximum atomic E-state index is 10.8. The van der Waals surface area contributed by atoms with Crippen molar-refractivity contribution in [3.05, 3.63) is 28.6 Å². The minimum atomic E-state index is -0.405. The first-order valence-electron chi connectivity index (χ1n) is 6.30. The zero-order valence-corrected chi connectivity index (χ0v) is 10.3. The van der Waals surface area contributed by atoms with E-state index in [1.165, 1.54) is 19.0 Å². The standard InChI is InChI=1S/C12H18N4O2/c17-16(18)12-9-14-6-4-11(12)15-7-3-10-2-1-5-13-8-10/h4,6,9-10,13H,1-3,5,7-8H2,(H,14,15). The summed E-state index contributed by atoms with van der Waals surface area (Å²) < 4.78 is 0. The van der Waals surface area contributed by atoms with Crippen LogP contribution < -0.4 is 10.6 Å². The zero-order chi connectivity index (χ0) is 12.8. The maximum absolute atomic E-state index is 10.8. The Morgan fingerprint density at radius 3 is 3.22 bits per heavy atom. The van der Waals surface area contributed by atoms with Gasteiger partial charge < -0.3 is 10.6 Å². The number of nitrogens with zero attached hydrogens (tertiary/aromatic N) is 2. The summed E-state index contributed by atoms with van der Waals surface area (Å²) in [6, 6.07) is 1.65. The first-order chi connectivity index (χ1) is 8.77. The first kappa shape index (κ1) is 12.8. The Balaban J connectivity index is 1.84. The lowest BCUT2D eigenvalue weighted by Crippen LogP contribution is -2.30. The molecular weight excluding hydrogens is 232 g/mol. The molecule has 6 heteroatoms. The van der Waals surface area contributed by atoms with E-state index in [1.54, 1.807) is 12.3 Å². The van der Waals surface area contributed by atoms with E-state index >= 15 is 0 Å². The van der Waals surface area contributed by atoms with Crippen molar-refractivity contribution in [2.24, 2.45) is 5.92 Å².